The number of halogens is 3. The number of benzene rings is 2. The van der Waals surface area contributed by atoms with Crippen molar-refractivity contribution in [2.75, 3.05) is 12.4 Å². The number of nitrogens with zero attached hydrogens (tertiary/aromatic N) is 1. The third-order valence-electron chi connectivity index (χ3n) is 3.37. The van der Waals surface area contributed by atoms with E-state index in [4.69, 9.17) is 10.5 Å². The summed E-state index contributed by atoms with van der Waals surface area (Å²) in [4.78, 5) is 4.22. The molecule has 0 heterocycles. The summed E-state index contributed by atoms with van der Waals surface area (Å²) in [5, 5.41) is 3.01. The number of nitrogens with one attached hydrogen (secondary N) is 1. The Morgan fingerprint density at radius 3 is 2.35 bits per heavy atom. The molecule has 0 aliphatic heterocycles. The highest BCUT2D eigenvalue weighted by molar-refractivity contribution is 14.0. The highest BCUT2D eigenvalue weighted by atomic mass is 127. The molecule has 8 heteroatoms. The molecule has 0 saturated carbocycles. The second kappa shape index (κ2) is 10.1. The monoisotopic (exact) mass is 477 g/mol. The van der Waals surface area contributed by atoms with Crippen molar-refractivity contribution in [3.05, 3.63) is 53.1 Å². The molecular weight excluding hydrogens is 455 g/mol. The zero-order valence-electron chi connectivity index (χ0n) is 14.8. The molecule has 0 amide bonds. The van der Waals surface area contributed by atoms with Crippen LogP contribution in [0, 0.1) is 13.8 Å². The molecule has 2 aromatic carbocycles. The summed E-state index contributed by atoms with van der Waals surface area (Å²) in [6, 6.07) is 10.7. The fourth-order valence-corrected chi connectivity index (χ4v) is 2.42. The van der Waals surface area contributed by atoms with Gasteiger partial charge in [0.2, 0.25) is 0 Å². The maximum atomic E-state index is 12.5. The number of anilines is 1. The molecule has 5 nitrogen and oxygen atoms in total. The Morgan fingerprint density at radius 2 is 1.77 bits per heavy atom. The van der Waals surface area contributed by atoms with Crippen molar-refractivity contribution in [3.8, 4) is 11.5 Å². The number of methoxy groups -OCH3 is 1. The third-order valence-corrected chi connectivity index (χ3v) is 3.37. The Kier molecular flexibility index (Phi) is 8.56. The second-order valence-corrected chi connectivity index (χ2v) is 5.57. The van der Waals surface area contributed by atoms with Gasteiger partial charge < -0.3 is 20.5 Å². The molecule has 2 rings (SSSR count). The highest BCUT2D eigenvalue weighted by Crippen LogP contribution is 2.29. The highest BCUT2D eigenvalue weighted by Gasteiger charge is 2.11. The minimum Gasteiger partial charge on any atom is -0.493 e. The van der Waals surface area contributed by atoms with Gasteiger partial charge in [-0.25, -0.2) is 4.99 Å². The van der Waals surface area contributed by atoms with Crippen molar-refractivity contribution in [2.45, 2.75) is 27.0 Å². The maximum absolute atomic E-state index is 12.5. The average Bonchev–Trinajstić information content (AvgIpc) is 2.51. The molecule has 0 saturated heterocycles. The summed E-state index contributed by atoms with van der Waals surface area (Å²) in [6.45, 7) is 1.28. The summed E-state index contributed by atoms with van der Waals surface area (Å²) in [7, 11) is 1.39. The van der Waals surface area contributed by atoms with E-state index in [-0.39, 0.29) is 48.0 Å². The van der Waals surface area contributed by atoms with Gasteiger partial charge in [-0.3, -0.25) is 0 Å². The smallest absolute Gasteiger partial charge is 0.387 e. The van der Waals surface area contributed by atoms with Crippen molar-refractivity contribution in [2.24, 2.45) is 10.7 Å². The Hall–Kier alpha value is -2.10. The normalized spacial score (nSPS) is 11.1. The van der Waals surface area contributed by atoms with E-state index in [9.17, 15) is 8.78 Å². The first-order valence-electron chi connectivity index (χ1n) is 7.64. The summed E-state index contributed by atoms with van der Waals surface area (Å²) in [5.41, 5.74) is 9.62. The first kappa shape index (κ1) is 21.9. The molecule has 26 heavy (non-hydrogen) atoms. The molecule has 0 radical (unpaired) electrons. The first-order valence-corrected chi connectivity index (χ1v) is 7.64. The lowest BCUT2D eigenvalue weighted by Crippen LogP contribution is -2.22. The number of guanidine groups is 1. The molecule has 0 fully saturated rings. The molecule has 0 bridgehead atoms. The summed E-state index contributed by atoms with van der Waals surface area (Å²) in [5.74, 6) is 0.428. The standard InChI is InChI=1S/C18H21F2N3O2.HI/c1-11-6-12(2)8-14(7-11)23-18(21)22-10-13-4-5-15(24-3)16(9-13)25-17(19)20;/h4-9,17H,10H2,1-3H3,(H3,21,22,23);1H. The van der Waals surface area contributed by atoms with Crippen molar-refractivity contribution < 1.29 is 18.3 Å². The van der Waals surface area contributed by atoms with Gasteiger partial charge in [-0.05, 0) is 54.8 Å². The fourth-order valence-electron chi connectivity index (χ4n) is 2.42. The lowest BCUT2D eigenvalue weighted by Gasteiger charge is -2.11. The average molecular weight is 477 g/mol. The largest absolute Gasteiger partial charge is 0.493 e. The molecular formula is C18H22F2IN3O2. The molecule has 0 aliphatic carbocycles. The Morgan fingerprint density at radius 1 is 1.12 bits per heavy atom. The van der Waals surface area contributed by atoms with Crippen LogP contribution in [0.5, 0.6) is 11.5 Å². The van der Waals surface area contributed by atoms with Crippen LogP contribution in [0.1, 0.15) is 16.7 Å². The quantitative estimate of drug-likeness (QED) is 0.367. The second-order valence-electron chi connectivity index (χ2n) is 5.57. The number of hydrogen-bond donors (Lipinski definition) is 2. The molecule has 0 aliphatic rings. The third kappa shape index (κ3) is 6.66. The van der Waals surface area contributed by atoms with Crippen LogP contribution in [0.2, 0.25) is 0 Å². The van der Waals surface area contributed by atoms with E-state index in [1.165, 1.54) is 13.2 Å². The summed E-state index contributed by atoms with van der Waals surface area (Å²) >= 11 is 0. The number of alkyl halides is 2. The number of rotatable bonds is 6. The fraction of sp³-hybridized carbons (Fsp3) is 0.278. The Bertz CT molecular complexity index is 750. The predicted molar refractivity (Wildman–Crippen MR) is 110 cm³/mol. The van der Waals surface area contributed by atoms with Crippen LogP contribution >= 0.6 is 24.0 Å². The SMILES string of the molecule is COc1ccc(CN=C(N)Nc2cc(C)cc(C)c2)cc1OC(F)F.I. The van der Waals surface area contributed by atoms with Gasteiger partial charge >= 0.3 is 6.61 Å². The van der Waals surface area contributed by atoms with Crippen LogP contribution in [0.4, 0.5) is 14.5 Å². The summed E-state index contributed by atoms with van der Waals surface area (Å²) in [6.07, 6.45) is 0. The van der Waals surface area contributed by atoms with Gasteiger partial charge in [0.15, 0.2) is 17.5 Å². The first-order chi connectivity index (χ1) is 11.9. The molecule has 0 aromatic heterocycles. The van der Waals surface area contributed by atoms with Crippen LogP contribution in [-0.2, 0) is 6.54 Å². The number of ether oxygens (including phenoxy) is 2. The van der Waals surface area contributed by atoms with E-state index >= 15 is 0 Å². The van der Waals surface area contributed by atoms with E-state index < -0.39 is 6.61 Å². The van der Waals surface area contributed by atoms with Crippen LogP contribution in [0.25, 0.3) is 0 Å². The molecule has 142 valence electrons. The molecule has 3 N–H and O–H groups in total. The Labute approximate surface area is 168 Å². The van der Waals surface area contributed by atoms with Crippen molar-refractivity contribution in [1.82, 2.24) is 0 Å². The topological polar surface area (TPSA) is 68.9 Å². The molecule has 0 atom stereocenters. The molecule has 2 aromatic rings. The van der Waals surface area contributed by atoms with Gasteiger partial charge in [0, 0.05) is 5.69 Å². The summed E-state index contributed by atoms with van der Waals surface area (Å²) < 4.78 is 34.4. The van der Waals surface area contributed by atoms with Gasteiger partial charge in [-0.15, -0.1) is 24.0 Å². The van der Waals surface area contributed by atoms with E-state index in [2.05, 4.69) is 21.1 Å². The minimum atomic E-state index is -2.93. The number of nitrogens with two attached hydrogens (primary N) is 1. The van der Waals surface area contributed by atoms with Gasteiger partial charge in [0.25, 0.3) is 0 Å². The van der Waals surface area contributed by atoms with Crippen LogP contribution in [0.15, 0.2) is 41.4 Å². The van der Waals surface area contributed by atoms with Crippen LogP contribution in [-0.4, -0.2) is 19.7 Å². The van der Waals surface area contributed by atoms with E-state index in [1.807, 2.05) is 26.0 Å². The van der Waals surface area contributed by atoms with Gasteiger partial charge in [0.05, 0.1) is 13.7 Å². The Balaban J connectivity index is 0.00000338. The lowest BCUT2D eigenvalue weighted by molar-refractivity contribution is -0.0512. The van der Waals surface area contributed by atoms with Crippen molar-refractivity contribution in [3.63, 3.8) is 0 Å². The number of hydrogen-bond acceptors (Lipinski definition) is 3. The van der Waals surface area contributed by atoms with E-state index in [1.54, 1.807) is 12.1 Å². The molecule has 0 unspecified atom stereocenters. The van der Waals surface area contributed by atoms with Gasteiger partial charge in [-0.1, -0.05) is 12.1 Å². The van der Waals surface area contributed by atoms with Crippen molar-refractivity contribution >= 4 is 35.6 Å². The van der Waals surface area contributed by atoms with E-state index in [0.717, 1.165) is 16.8 Å². The zero-order chi connectivity index (χ0) is 18.4. The minimum absolute atomic E-state index is 0. The van der Waals surface area contributed by atoms with Crippen LogP contribution in [0.3, 0.4) is 0 Å². The zero-order valence-corrected chi connectivity index (χ0v) is 17.1. The van der Waals surface area contributed by atoms with E-state index in [0.29, 0.717) is 5.56 Å². The molecule has 0 spiro atoms. The van der Waals surface area contributed by atoms with Gasteiger partial charge in [-0.2, -0.15) is 8.78 Å². The maximum Gasteiger partial charge on any atom is 0.387 e. The number of aliphatic imine (C=N–C) groups is 1. The lowest BCUT2D eigenvalue weighted by atomic mass is 10.1. The van der Waals surface area contributed by atoms with Gasteiger partial charge in [0.1, 0.15) is 0 Å². The van der Waals surface area contributed by atoms with Crippen molar-refractivity contribution in [1.29, 1.82) is 0 Å². The van der Waals surface area contributed by atoms with Crippen LogP contribution < -0.4 is 20.5 Å². The number of aryl methyl sites for hydroxylation is 2. The predicted octanol–water partition coefficient (Wildman–Crippen LogP) is 4.46.